The van der Waals surface area contributed by atoms with Crippen molar-refractivity contribution >= 4 is 5.91 Å². The van der Waals surface area contributed by atoms with Crippen molar-refractivity contribution < 1.29 is 4.79 Å². The third-order valence-electron chi connectivity index (χ3n) is 4.50. The molecule has 21 heavy (non-hydrogen) atoms. The molecule has 2 nitrogen and oxygen atoms in total. The second-order valence-corrected chi connectivity index (χ2v) is 6.25. The van der Waals surface area contributed by atoms with E-state index in [0.29, 0.717) is 0 Å². The molecule has 1 N–H and O–H groups in total. The van der Waals surface area contributed by atoms with Crippen LogP contribution in [0.5, 0.6) is 0 Å². The fourth-order valence-corrected chi connectivity index (χ4v) is 3.03. The average Bonchev–Trinajstić information content (AvgIpc) is 2.91. The van der Waals surface area contributed by atoms with Crippen LogP contribution in [0.4, 0.5) is 0 Å². The Balaban J connectivity index is 1.79. The predicted molar refractivity (Wildman–Crippen MR) is 85.1 cm³/mol. The summed E-state index contributed by atoms with van der Waals surface area (Å²) in [6.45, 7) is 3.97. The van der Waals surface area contributed by atoms with E-state index in [0.717, 1.165) is 18.4 Å². The number of carbonyl (C=O) groups excluding carboxylic acids is 1. The van der Waals surface area contributed by atoms with Gasteiger partial charge in [0.05, 0.1) is 11.5 Å². The quantitative estimate of drug-likeness (QED) is 0.910. The van der Waals surface area contributed by atoms with Crippen LogP contribution in [0.15, 0.2) is 54.6 Å². The van der Waals surface area contributed by atoms with E-state index in [1.807, 2.05) is 50.2 Å². The second kappa shape index (κ2) is 5.36. The highest BCUT2D eigenvalue weighted by Crippen LogP contribution is 2.32. The number of carbonyl (C=O) groups is 1. The van der Waals surface area contributed by atoms with E-state index in [2.05, 4.69) is 23.5 Å². The first-order valence-electron chi connectivity index (χ1n) is 7.53. The summed E-state index contributed by atoms with van der Waals surface area (Å²) >= 11 is 0. The summed E-state index contributed by atoms with van der Waals surface area (Å²) in [5.41, 5.74) is 3.17. The third kappa shape index (κ3) is 2.58. The molecule has 0 saturated carbocycles. The van der Waals surface area contributed by atoms with Gasteiger partial charge in [-0.3, -0.25) is 4.79 Å². The molecule has 3 rings (SSSR count). The standard InChI is InChI=1S/C19H21NO/c1-19(2,15-9-4-3-5-10-15)18(21)20-17-13-12-14-8-6-7-11-16(14)17/h3-11,17H,12-13H2,1-2H3,(H,20,21). The SMILES string of the molecule is CC(C)(C(=O)NC1CCc2ccccc21)c1ccccc1. The summed E-state index contributed by atoms with van der Waals surface area (Å²) in [4.78, 5) is 12.7. The highest BCUT2D eigenvalue weighted by atomic mass is 16.2. The maximum atomic E-state index is 12.7. The van der Waals surface area contributed by atoms with Gasteiger partial charge in [-0.1, -0.05) is 54.6 Å². The molecule has 1 aliphatic carbocycles. The molecular formula is C19H21NO. The Labute approximate surface area is 126 Å². The Morgan fingerprint density at radius 2 is 1.71 bits per heavy atom. The Kier molecular flexibility index (Phi) is 3.54. The number of benzene rings is 2. The van der Waals surface area contributed by atoms with Crippen LogP contribution in [0.3, 0.4) is 0 Å². The van der Waals surface area contributed by atoms with E-state index in [4.69, 9.17) is 0 Å². The first-order chi connectivity index (χ1) is 10.1. The number of aryl methyl sites for hydroxylation is 1. The van der Waals surface area contributed by atoms with Crippen molar-refractivity contribution in [2.45, 2.75) is 38.1 Å². The number of fused-ring (bicyclic) bond motifs is 1. The minimum Gasteiger partial charge on any atom is -0.349 e. The maximum Gasteiger partial charge on any atom is 0.230 e. The van der Waals surface area contributed by atoms with Crippen LogP contribution in [0.2, 0.25) is 0 Å². The van der Waals surface area contributed by atoms with Crippen molar-refractivity contribution in [2.24, 2.45) is 0 Å². The predicted octanol–water partition coefficient (Wildman–Crippen LogP) is 3.77. The molecule has 1 atom stereocenters. The van der Waals surface area contributed by atoms with Gasteiger partial charge in [0.15, 0.2) is 0 Å². The molecule has 0 aromatic heterocycles. The van der Waals surface area contributed by atoms with Gasteiger partial charge in [-0.2, -0.15) is 0 Å². The van der Waals surface area contributed by atoms with Gasteiger partial charge >= 0.3 is 0 Å². The molecule has 2 aromatic carbocycles. The van der Waals surface area contributed by atoms with Crippen LogP contribution in [-0.4, -0.2) is 5.91 Å². The molecule has 2 aromatic rings. The second-order valence-electron chi connectivity index (χ2n) is 6.25. The Hall–Kier alpha value is -2.09. The Bertz CT molecular complexity index is 646. The molecule has 1 aliphatic rings. The molecule has 0 fully saturated rings. The lowest BCUT2D eigenvalue weighted by Gasteiger charge is -2.26. The van der Waals surface area contributed by atoms with Crippen LogP contribution in [0.1, 0.15) is 43.0 Å². The minimum atomic E-state index is -0.515. The minimum absolute atomic E-state index is 0.0930. The smallest absolute Gasteiger partial charge is 0.230 e. The summed E-state index contributed by atoms with van der Waals surface area (Å²) < 4.78 is 0. The summed E-state index contributed by atoms with van der Waals surface area (Å²) in [7, 11) is 0. The van der Waals surface area contributed by atoms with Gasteiger partial charge in [-0.05, 0) is 43.4 Å². The van der Waals surface area contributed by atoms with Crippen molar-refractivity contribution in [2.75, 3.05) is 0 Å². The van der Waals surface area contributed by atoms with Crippen molar-refractivity contribution in [3.63, 3.8) is 0 Å². The number of rotatable bonds is 3. The topological polar surface area (TPSA) is 29.1 Å². The van der Waals surface area contributed by atoms with E-state index in [1.54, 1.807) is 0 Å². The number of hydrogen-bond donors (Lipinski definition) is 1. The van der Waals surface area contributed by atoms with Gasteiger partial charge in [0.25, 0.3) is 0 Å². The highest BCUT2D eigenvalue weighted by Gasteiger charge is 2.33. The molecule has 0 spiro atoms. The van der Waals surface area contributed by atoms with Crippen LogP contribution < -0.4 is 5.32 Å². The van der Waals surface area contributed by atoms with Crippen molar-refractivity contribution in [1.82, 2.24) is 5.32 Å². The first-order valence-corrected chi connectivity index (χ1v) is 7.53. The average molecular weight is 279 g/mol. The van der Waals surface area contributed by atoms with Crippen LogP contribution in [-0.2, 0) is 16.6 Å². The monoisotopic (exact) mass is 279 g/mol. The summed E-state index contributed by atoms with van der Waals surface area (Å²) in [5, 5.41) is 3.23. The molecule has 108 valence electrons. The van der Waals surface area contributed by atoms with Gasteiger partial charge in [-0.15, -0.1) is 0 Å². The lowest BCUT2D eigenvalue weighted by atomic mass is 9.83. The van der Waals surface area contributed by atoms with E-state index < -0.39 is 5.41 Å². The van der Waals surface area contributed by atoms with E-state index in [1.165, 1.54) is 11.1 Å². The summed E-state index contributed by atoms with van der Waals surface area (Å²) in [6.07, 6.45) is 2.04. The zero-order valence-electron chi connectivity index (χ0n) is 12.6. The van der Waals surface area contributed by atoms with E-state index >= 15 is 0 Å². The number of hydrogen-bond acceptors (Lipinski definition) is 1. The maximum absolute atomic E-state index is 12.7. The molecular weight excluding hydrogens is 258 g/mol. The normalized spacial score (nSPS) is 17.3. The van der Waals surface area contributed by atoms with Gasteiger partial charge in [0.1, 0.15) is 0 Å². The van der Waals surface area contributed by atoms with Gasteiger partial charge in [-0.25, -0.2) is 0 Å². The van der Waals surface area contributed by atoms with E-state index in [9.17, 15) is 4.79 Å². The van der Waals surface area contributed by atoms with E-state index in [-0.39, 0.29) is 11.9 Å². The van der Waals surface area contributed by atoms with Gasteiger partial charge < -0.3 is 5.32 Å². The molecule has 0 aliphatic heterocycles. The summed E-state index contributed by atoms with van der Waals surface area (Å²) in [6, 6.07) is 18.5. The van der Waals surface area contributed by atoms with Crippen molar-refractivity contribution in [3.05, 3.63) is 71.3 Å². The van der Waals surface area contributed by atoms with Crippen molar-refractivity contribution in [1.29, 1.82) is 0 Å². The molecule has 2 heteroatoms. The van der Waals surface area contributed by atoms with Gasteiger partial charge in [0.2, 0.25) is 5.91 Å². The Morgan fingerprint density at radius 3 is 2.48 bits per heavy atom. The molecule has 1 amide bonds. The fourth-order valence-electron chi connectivity index (χ4n) is 3.03. The lowest BCUT2D eigenvalue weighted by Crippen LogP contribution is -2.41. The zero-order valence-corrected chi connectivity index (χ0v) is 12.6. The molecule has 0 heterocycles. The Morgan fingerprint density at radius 1 is 1.05 bits per heavy atom. The fraction of sp³-hybridized carbons (Fsp3) is 0.316. The molecule has 1 unspecified atom stereocenters. The number of amides is 1. The largest absolute Gasteiger partial charge is 0.349 e. The first kappa shape index (κ1) is 13.9. The summed E-state index contributed by atoms with van der Waals surface area (Å²) in [5.74, 6) is 0.0930. The molecule has 0 bridgehead atoms. The van der Waals surface area contributed by atoms with Gasteiger partial charge in [0, 0.05) is 0 Å². The zero-order chi connectivity index (χ0) is 14.9. The van der Waals surface area contributed by atoms with Crippen LogP contribution in [0.25, 0.3) is 0 Å². The number of nitrogens with one attached hydrogen (secondary N) is 1. The lowest BCUT2D eigenvalue weighted by molar-refractivity contribution is -0.126. The highest BCUT2D eigenvalue weighted by molar-refractivity contribution is 5.87. The third-order valence-corrected chi connectivity index (χ3v) is 4.50. The molecule has 0 radical (unpaired) electrons. The van der Waals surface area contributed by atoms with Crippen LogP contribution >= 0.6 is 0 Å². The van der Waals surface area contributed by atoms with Crippen molar-refractivity contribution in [3.8, 4) is 0 Å². The molecule has 0 saturated heterocycles. The van der Waals surface area contributed by atoms with Crippen LogP contribution in [0, 0.1) is 0 Å².